The summed E-state index contributed by atoms with van der Waals surface area (Å²) in [6.07, 6.45) is 1.31. The maximum Gasteiger partial charge on any atom is 0.259 e. The quantitative estimate of drug-likeness (QED) is 0.526. The van der Waals surface area contributed by atoms with Crippen LogP contribution in [0.15, 0.2) is 40.8 Å². The molecule has 0 spiro atoms. The number of benzene rings is 1. The van der Waals surface area contributed by atoms with Crippen molar-refractivity contribution < 1.29 is 9.21 Å². The van der Waals surface area contributed by atoms with Crippen molar-refractivity contribution in [2.45, 2.75) is 40.2 Å². The van der Waals surface area contributed by atoms with E-state index >= 15 is 0 Å². The number of nitrogens with zero attached hydrogens (tertiary/aromatic N) is 5. The number of fused-ring (bicyclic) bond motifs is 2. The Hall–Kier alpha value is -3.48. The summed E-state index contributed by atoms with van der Waals surface area (Å²) in [5, 5.41) is 4.54. The largest absolute Gasteiger partial charge is 0.445 e. The molecule has 0 saturated heterocycles. The van der Waals surface area contributed by atoms with Crippen LogP contribution in [0.5, 0.6) is 0 Å². The number of amides is 1. The first-order valence-electron chi connectivity index (χ1n) is 10.1. The smallest absolute Gasteiger partial charge is 0.259 e. The Kier molecular flexibility index (Phi) is 4.38. The molecular formula is C23H23N5O2. The van der Waals surface area contributed by atoms with Gasteiger partial charge in [0.05, 0.1) is 12.2 Å². The summed E-state index contributed by atoms with van der Waals surface area (Å²) in [5.74, 6) is 1.52. The standard InChI is InChI=1S/C23H23N5O2/c1-14-11-15(2)28-22(24-14)21(16(3)26-28)23(29)27-10-9-19-18(13-27)25-20(30-19)12-17-7-5-4-6-8-17/h4-8,11H,9-10,12-13H2,1-3H3. The summed E-state index contributed by atoms with van der Waals surface area (Å²) >= 11 is 0. The summed E-state index contributed by atoms with van der Waals surface area (Å²) in [7, 11) is 0. The van der Waals surface area contributed by atoms with Gasteiger partial charge < -0.3 is 9.32 Å². The molecule has 152 valence electrons. The van der Waals surface area contributed by atoms with E-state index in [-0.39, 0.29) is 5.91 Å². The zero-order valence-electron chi connectivity index (χ0n) is 17.3. The summed E-state index contributed by atoms with van der Waals surface area (Å²) in [4.78, 5) is 24.5. The van der Waals surface area contributed by atoms with Gasteiger partial charge in [0.1, 0.15) is 17.0 Å². The number of hydrogen-bond acceptors (Lipinski definition) is 5. The van der Waals surface area contributed by atoms with Gasteiger partial charge in [0.2, 0.25) is 0 Å². The fourth-order valence-electron chi connectivity index (χ4n) is 4.11. The van der Waals surface area contributed by atoms with Gasteiger partial charge in [0.25, 0.3) is 5.91 Å². The minimum atomic E-state index is -0.0572. The third-order valence-electron chi connectivity index (χ3n) is 5.54. The zero-order chi connectivity index (χ0) is 20.8. The van der Waals surface area contributed by atoms with Gasteiger partial charge in [-0.1, -0.05) is 30.3 Å². The van der Waals surface area contributed by atoms with E-state index in [9.17, 15) is 4.79 Å². The molecule has 0 atom stereocenters. The normalized spacial score (nSPS) is 13.6. The third kappa shape index (κ3) is 3.16. The molecule has 1 aliphatic heterocycles. The number of rotatable bonds is 3. The van der Waals surface area contributed by atoms with Gasteiger partial charge >= 0.3 is 0 Å². The molecule has 0 bridgehead atoms. The molecule has 7 nitrogen and oxygen atoms in total. The first-order valence-corrected chi connectivity index (χ1v) is 10.1. The molecule has 0 aliphatic carbocycles. The van der Waals surface area contributed by atoms with Gasteiger partial charge in [-0.3, -0.25) is 4.79 Å². The van der Waals surface area contributed by atoms with Crippen molar-refractivity contribution in [3.05, 3.63) is 82.0 Å². The maximum atomic E-state index is 13.4. The predicted molar refractivity (Wildman–Crippen MR) is 111 cm³/mol. The monoisotopic (exact) mass is 401 g/mol. The fourth-order valence-corrected chi connectivity index (χ4v) is 4.11. The molecule has 4 heterocycles. The Morgan fingerprint density at radius 1 is 1.13 bits per heavy atom. The average molecular weight is 401 g/mol. The van der Waals surface area contributed by atoms with Crippen LogP contribution in [0.4, 0.5) is 0 Å². The molecule has 0 unspecified atom stereocenters. The van der Waals surface area contributed by atoms with Crippen LogP contribution >= 0.6 is 0 Å². The van der Waals surface area contributed by atoms with E-state index < -0.39 is 0 Å². The molecule has 7 heteroatoms. The predicted octanol–water partition coefficient (Wildman–Crippen LogP) is 3.43. The number of oxazole rings is 1. The lowest BCUT2D eigenvalue weighted by molar-refractivity contribution is 0.0729. The summed E-state index contributed by atoms with van der Waals surface area (Å²) in [6, 6.07) is 12.1. The first-order chi connectivity index (χ1) is 14.5. The molecule has 1 aromatic carbocycles. The van der Waals surface area contributed by atoms with Crippen LogP contribution in [0.25, 0.3) is 5.65 Å². The van der Waals surface area contributed by atoms with Crippen LogP contribution in [0.1, 0.15) is 50.3 Å². The number of carbonyl (C=O) groups is 1. The molecule has 30 heavy (non-hydrogen) atoms. The molecule has 4 aromatic rings. The van der Waals surface area contributed by atoms with Gasteiger partial charge in [-0.25, -0.2) is 14.5 Å². The van der Waals surface area contributed by atoms with Crippen molar-refractivity contribution in [2.24, 2.45) is 0 Å². The fraction of sp³-hybridized carbons (Fsp3) is 0.304. The molecule has 5 rings (SSSR count). The van der Waals surface area contributed by atoms with Gasteiger partial charge in [0.15, 0.2) is 11.5 Å². The number of hydrogen-bond donors (Lipinski definition) is 0. The van der Waals surface area contributed by atoms with Gasteiger partial charge in [-0.15, -0.1) is 0 Å². The lowest BCUT2D eigenvalue weighted by Crippen LogP contribution is -2.36. The SMILES string of the molecule is Cc1cc(C)n2nc(C)c(C(=O)N3CCc4oc(Cc5ccccc5)nc4C3)c2n1. The minimum Gasteiger partial charge on any atom is -0.445 e. The van der Waals surface area contributed by atoms with E-state index in [1.807, 2.05) is 49.9 Å². The molecular weight excluding hydrogens is 378 g/mol. The summed E-state index contributed by atoms with van der Waals surface area (Å²) < 4.78 is 7.73. The number of aryl methyl sites for hydroxylation is 3. The Morgan fingerprint density at radius 2 is 1.93 bits per heavy atom. The van der Waals surface area contributed by atoms with Crippen LogP contribution in [0, 0.1) is 20.8 Å². The molecule has 0 fully saturated rings. The topological polar surface area (TPSA) is 76.5 Å². The highest BCUT2D eigenvalue weighted by molar-refractivity contribution is 6.01. The zero-order valence-corrected chi connectivity index (χ0v) is 17.3. The number of carbonyl (C=O) groups excluding carboxylic acids is 1. The van der Waals surface area contributed by atoms with E-state index in [1.54, 1.807) is 4.52 Å². The second-order valence-corrected chi connectivity index (χ2v) is 7.85. The van der Waals surface area contributed by atoms with Crippen LogP contribution < -0.4 is 0 Å². The molecule has 1 amide bonds. The maximum absolute atomic E-state index is 13.4. The average Bonchev–Trinajstić information content (AvgIpc) is 3.27. The lowest BCUT2D eigenvalue weighted by Gasteiger charge is -2.25. The molecule has 0 N–H and O–H groups in total. The molecule has 0 radical (unpaired) electrons. The van der Waals surface area contributed by atoms with Crippen molar-refractivity contribution >= 4 is 11.6 Å². The second kappa shape index (κ2) is 7.09. The molecule has 0 saturated carbocycles. The number of aromatic nitrogens is 4. The van der Waals surface area contributed by atoms with Crippen molar-refractivity contribution in [1.29, 1.82) is 0 Å². The van der Waals surface area contributed by atoms with E-state index in [0.29, 0.717) is 48.7 Å². The third-order valence-corrected chi connectivity index (χ3v) is 5.54. The van der Waals surface area contributed by atoms with Crippen LogP contribution in [-0.2, 0) is 19.4 Å². The van der Waals surface area contributed by atoms with Gasteiger partial charge in [0, 0.05) is 30.8 Å². The van der Waals surface area contributed by atoms with E-state index in [1.165, 1.54) is 0 Å². The Bertz CT molecular complexity index is 1260. The van der Waals surface area contributed by atoms with Crippen LogP contribution in [0.2, 0.25) is 0 Å². The second-order valence-electron chi connectivity index (χ2n) is 7.85. The highest BCUT2D eigenvalue weighted by Crippen LogP contribution is 2.25. The molecule has 3 aromatic heterocycles. The van der Waals surface area contributed by atoms with Crippen LogP contribution in [-0.4, -0.2) is 36.9 Å². The summed E-state index contributed by atoms with van der Waals surface area (Å²) in [5.41, 5.74) is 5.71. The van der Waals surface area contributed by atoms with Crippen molar-refractivity contribution in [3.8, 4) is 0 Å². The Labute approximate surface area is 174 Å². The Balaban J connectivity index is 1.42. The van der Waals surface area contributed by atoms with E-state index in [2.05, 4.69) is 27.2 Å². The Morgan fingerprint density at radius 3 is 2.73 bits per heavy atom. The lowest BCUT2D eigenvalue weighted by atomic mass is 10.1. The summed E-state index contributed by atoms with van der Waals surface area (Å²) in [6.45, 7) is 6.79. The highest BCUT2D eigenvalue weighted by Gasteiger charge is 2.30. The van der Waals surface area contributed by atoms with Crippen molar-refractivity contribution in [3.63, 3.8) is 0 Å². The van der Waals surface area contributed by atoms with Crippen LogP contribution in [0.3, 0.4) is 0 Å². The highest BCUT2D eigenvalue weighted by atomic mass is 16.4. The molecule has 1 aliphatic rings. The first kappa shape index (κ1) is 18.5. The van der Waals surface area contributed by atoms with E-state index in [4.69, 9.17) is 4.42 Å². The van der Waals surface area contributed by atoms with Gasteiger partial charge in [-0.05, 0) is 32.4 Å². The van der Waals surface area contributed by atoms with Crippen molar-refractivity contribution in [1.82, 2.24) is 24.5 Å². The minimum absolute atomic E-state index is 0.0572. The van der Waals surface area contributed by atoms with Crippen molar-refractivity contribution in [2.75, 3.05) is 6.54 Å². The van der Waals surface area contributed by atoms with E-state index in [0.717, 1.165) is 28.4 Å². The van der Waals surface area contributed by atoms with Gasteiger partial charge in [-0.2, -0.15) is 5.10 Å².